The fourth-order valence-corrected chi connectivity index (χ4v) is 0.899. The summed E-state index contributed by atoms with van der Waals surface area (Å²) >= 11 is 5.25. The monoisotopic (exact) mass is 193 g/mol. The Hall–Kier alpha value is -1.23. The predicted molar refractivity (Wildman–Crippen MR) is 38.0 cm³/mol. The van der Waals surface area contributed by atoms with Gasteiger partial charge >= 0.3 is 5.69 Å². The highest BCUT2D eigenvalue weighted by molar-refractivity contribution is 6.32. The van der Waals surface area contributed by atoms with Gasteiger partial charge in [-0.2, -0.15) is 4.39 Å². The number of nitro groups is 1. The lowest BCUT2D eigenvalue weighted by Gasteiger charge is -1.96. The highest BCUT2D eigenvalue weighted by Gasteiger charge is 2.22. The molecule has 12 heavy (non-hydrogen) atoms. The van der Waals surface area contributed by atoms with Crippen molar-refractivity contribution in [3.05, 3.63) is 38.9 Å². The van der Waals surface area contributed by atoms with Gasteiger partial charge in [0.2, 0.25) is 5.82 Å². The molecule has 1 aromatic rings. The van der Waals surface area contributed by atoms with Gasteiger partial charge in [0.25, 0.3) is 0 Å². The van der Waals surface area contributed by atoms with E-state index in [-0.39, 0.29) is 0 Å². The standard InChI is InChI=1S/C6H2ClF2NO2/c7-3-1-2-4(8)5(9)6(3)10(11)12/h1-2H. The van der Waals surface area contributed by atoms with E-state index >= 15 is 0 Å². The molecule has 0 amide bonds. The van der Waals surface area contributed by atoms with Crippen molar-refractivity contribution in [2.24, 2.45) is 0 Å². The van der Waals surface area contributed by atoms with E-state index < -0.39 is 27.3 Å². The molecular weight excluding hydrogens is 192 g/mol. The van der Waals surface area contributed by atoms with Crippen LogP contribution >= 0.6 is 11.6 Å². The van der Waals surface area contributed by atoms with Gasteiger partial charge in [-0.15, -0.1) is 0 Å². The average molecular weight is 194 g/mol. The van der Waals surface area contributed by atoms with Crippen LogP contribution in [-0.2, 0) is 0 Å². The first-order valence-electron chi connectivity index (χ1n) is 2.82. The van der Waals surface area contributed by atoms with Crippen molar-refractivity contribution in [2.45, 2.75) is 0 Å². The first kappa shape index (κ1) is 8.86. The van der Waals surface area contributed by atoms with Gasteiger partial charge < -0.3 is 0 Å². The third kappa shape index (κ3) is 1.35. The minimum atomic E-state index is -1.53. The van der Waals surface area contributed by atoms with E-state index in [1.165, 1.54) is 0 Å². The third-order valence-corrected chi connectivity index (χ3v) is 1.51. The molecule has 0 spiro atoms. The molecule has 6 heteroatoms. The van der Waals surface area contributed by atoms with E-state index in [0.717, 1.165) is 12.1 Å². The Balaban J connectivity index is 3.43. The van der Waals surface area contributed by atoms with Crippen LogP contribution in [0.4, 0.5) is 14.5 Å². The second-order valence-corrected chi connectivity index (χ2v) is 2.36. The smallest absolute Gasteiger partial charge is 0.258 e. The molecule has 0 aliphatic heterocycles. The zero-order valence-corrected chi connectivity index (χ0v) is 6.31. The minimum Gasteiger partial charge on any atom is -0.258 e. The topological polar surface area (TPSA) is 43.1 Å². The van der Waals surface area contributed by atoms with Crippen molar-refractivity contribution in [1.82, 2.24) is 0 Å². The first-order valence-corrected chi connectivity index (χ1v) is 3.19. The molecule has 0 saturated heterocycles. The van der Waals surface area contributed by atoms with Crippen LogP contribution in [0.1, 0.15) is 0 Å². The van der Waals surface area contributed by atoms with Crippen LogP contribution in [0.5, 0.6) is 0 Å². The zero-order valence-electron chi connectivity index (χ0n) is 5.55. The number of halogens is 3. The molecule has 0 radical (unpaired) electrons. The maximum Gasteiger partial charge on any atom is 0.326 e. The van der Waals surface area contributed by atoms with Gasteiger partial charge in [-0.05, 0) is 12.1 Å². The number of hydrogen-bond acceptors (Lipinski definition) is 2. The van der Waals surface area contributed by atoms with Crippen LogP contribution in [0.15, 0.2) is 12.1 Å². The van der Waals surface area contributed by atoms with Crippen LogP contribution < -0.4 is 0 Å². The maximum atomic E-state index is 12.6. The maximum absolute atomic E-state index is 12.6. The molecule has 0 heterocycles. The van der Waals surface area contributed by atoms with Crippen molar-refractivity contribution >= 4 is 17.3 Å². The quantitative estimate of drug-likeness (QED) is 0.391. The highest BCUT2D eigenvalue weighted by Crippen LogP contribution is 2.28. The van der Waals surface area contributed by atoms with Gasteiger partial charge in [0, 0.05) is 0 Å². The van der Waals surface area contributed by atoms with Gasteiger partial charge in [-0.25, -0.2) is 4.39 Å². The lowest BCUT2D eigenvalue weighted by molar-refractivity contribution is -0.387. The molecule has 0 saturated carbocycles. The van der Waals surface area contributed by atoms with Crippen LogP contribution in [0, 0.1) is 21.7 Å². The molecule has 0 aliphatic rings. The zero-order chi connectivity index (χ0) is 9.30. The lowest BCUT2D eigenvalue weighted by atomic mass is 10.3. The third-order valence-electron chi connectivity index (χ3n) is 1.20. The second-order valence-electron chi connectivity index (χ2n) is 1.95. The summed E-state index contributed by atoms with van der Waals surface area (Å²) in [5.41, 5.74) is -1.03. The number of rotatable bonds is 1. The van der Waals surface area contributed by atoms with E-state index in [9.17, 15) is 18.9 Å². The summed E-state index contributed by atoms with van der Waals surface area (Å²) in [4.78, 5) is 9.04. The highest BCUT2D eigenvalue weighted by atomic mass is 35.5. The normalized spacial score (nSPS) is 9.92. The Morgan fingerprint density at radius 3 is 2.42 bits per heavy atom. The SMILES string of the molecule is O=[N+]([O-])c1c(Cl)ccc(F)c1F. The Bertz CT molecular complexity index is 343. The van der Waals surface area contributed by atoms with Crippen molar-refractivity contribution in [3.63, 3.8) is 0 Å². The van der Waals surface area contributed by atoms with Crippen molar-refractivity contribution < 1.29 is 13.7 Å². The molecule has 1 aromatic carbocycles. The van der Waals surface area contributed by atoms with E-state index in [2.05, 4.69) is 0 Å². The van der Waals surface area contributed by atoms with Crippen LogP contribution in [0.3, 0.4) is 0 Å². The minimum absolute atomic E-state index is 0.418. The fraction of sp³-hybridized carbons (Fsp3) is 0. The predicted octanol–water partition coefficient (Wildman–Crippen LogP) is 2.53. The van der Waals surface area contributed by atoms with Crippen molar-refractivity contribution in [3.8, 4) is 0 Å². The molecule has 3 nitrogen and oxygen atoms in total. The Kier molecular flexibility index (Phi) is 2.23. The second kappa shape index (κ2) is 3.02. The van der Waals surface area contributed by atoms with Crippen molar-refractivity contribution in [2.75, 3.05) is 0 Å². The van der Waals surface area contributed by atoms with Gasteiger partial charge in [-0.3, -0.25) is 10.1 Å². The lowest BCUT2D eigenvalue weighted by Crippen LogP contribution is -1.96. The Morgan fingerprint density at radius 1 is 1.42 bits per heavy atom. The average Bonchev–Trinajstić information content (AvgIpc) is 1.97. The van der Waals surface area contributed by atoms with E-state index in [4.69, 9.17) is 11.6 Å². The van der Waals surface area contributed by atoms with Crippen LogP contribution in [0.25, 0.3) is 0 Å². The molecule has 0 atom stereocenters. The Labute approximate surface area is 70.7 Å². The molecule has 64 valence electrons. The molecule has 0 fully saturated rings. The van der Waals surface area contributed by atoms with Gasteiger partial charge in [0.1, 0.15) is 5.02 Å². The summed E-state index contributed by atoms with van der Waals surface area (Å²) in [6, 6.07) is 1.66. The van der Waals surface area contributed by atoms with Crippen LogP contribution in [0.2, 0.25) is 5.02 Å². The molecule has 1 rings (SSSR count). The molecule has 0 aliphatic carbocycles. The van der Waals surface area contributed by atoms with Gasteiger partial charge in [0.15, 0.2) is 5.82 Å². The van der Waals surface area contributed by atoms with Crippen LogP contribution in [-0.4, -0.2) is 4.92 Å². The summed E-state index contributed by atoms with van der Waals surface area (Å²) in [7, 11) is 0. The van der Waals surface area contributed by atoms with E-state index in [0.29, 0.717) is 0 Å². The van der Waals surface area contributed by atoms with Gasteiger partial charge in [0.05, 0.1) is 4.92 Å². The summed E-state index contributed by atoms with van der Waals surface area (Å²) in [5.74, 6) is -2.82. The molecule has 0 aromatic heterocycles. The Morgan fingerprint density at radius 2 is 2.00 bits per heavy atom. The number of nitro benzene ring substituents is 1. The van der Waals surface area contributed by atoms with E-state index in [1.807, 2.05) is 0 Å². The number of nitrogens with zero attached hydrogens (tertiary/aromatic N) is 1. The largest absolute Gasteiger partial charge is 0.326 e. The number of benzene rings is 1. The molecule has 0 N–H and O–H groups in total. The summed E-state index contributed by atoms with van der Waals surface area (Å²) in [6.07, 6.45) is 0. The molecule has 0 bridgehead atoms. The van der Waals surface area contributed by atoms with Gasteiger partial charge in [-0.1, -0.05) is 11.6 Å². The number of hydrogen-bond donors (Lipinski definition) is 0. The van der Waals surface area contributed by atoms with Crippen molar-refractivity contribution in [1.29, 1.82) is 0 Å². The molecular formula is C6H2ClF2NO2. The summed E-state index contributed by atoms with van der Waals surface area (Å²) in [6.45, 7) is 0. The summed E-state index contributed by atoms with van der Waals surface area (Å²) in [5, 5.41) is 9.69. The molecule has 0 unspecified atom stereocenters. The van der Waals surface area contributed by atoms with E-state index in [1.54, 1.807) is 0 Å². The fourth-order valence-electron chi connectivity index (χ4n) is 0.684. The summed E-state index contributed by atoms with van der Waals surface area (Å²) < 4.78 is 25.0. The first-order chi connectivity index (χ1) is 5.54.